The van der Waals surface area contributed by atoms with E-state index in [1.807, 2.05) is 36.4 Å². The first kappa shape index (κ1) is 15.1. The minimum atomic E-state index is 0.547. The summed E-state index contributed by atoms with van der Waals surface area (Å²) in [4.78, 5) is 0. The van der Waals surface area contributed by atoms with Gasteiger partial charge in [-0.15, -0.1) is 0 Å². The number of methoxy groups -OCH3 is 2. The molecule has 0 amide bonds. The summed E-state index contributed by atoms with van der Waals surface area (Å²) in [5.41, 5.74) is 8.58. The summed E-state index contributed by atoms with van der Waals surface area (Å²) in [6.07, 6.45) is 1.57. The Balaban J connectivity index is 2.03. The van der Waals surface area contributed by atoms with Crippen LogP contribution >= 0.6 is 0 Å². The van der Waals surface area contributed by atoms with E-state index >= 15 is 0 Å². The molecule has 0 saturated heterocycles. The Morgan fingerprint density at radius 3 is 2.17 bits per heavy atom. The summed E-state index contributed by atoms with van der Waals surface area (Å²) < 4.78 is 21.8. The van der Waals surface area contributed by atoms with Crippen LogP contribution in [0.5, 0.6) is 23.0 Å². The molecule has 0 radical (unpaired) electrons. The molecule has 3 rings (SSSR count). The van der Waals surface area contributed by atoms with Crippen molar-refractivity contribution in [1.29, 1.82) is 0 Å². The molecule has 2 aromatic carbocycles. The van der Waals surface area contributed by atoms with Gasteiger partial charge in [0.1, 0.15) is 24.7 Å². The van der Waals surface area contributed by atoms with Gasteiger partial charge in [0.25, 0.3) is 0 Å². The SMILES string of the molecule is COc1cc(OC)cc(/C(=C\N)c2ccc3c(c2)OCCO3)c1. The molecule has 120 valence electrons. The predicted molar refractivity (Wildman–Crippen MR) is 88.2 cm³/mol. The Bertz CT molecular complexity index is 718. The fourth-order valence-electron chi connectivity index (χ4n) is 2.53. The van der Waals surface area contributed by atoms with E-state index in [0.29, 0.717) is 24.7 Å². The Morgan fingerprint density at radius 1 is 0.913 bits per heavy atom. The Kier molecular flexibility index (Phi) is 4.28. The topological polar surface area (TPSA) is 62.9 Å². The lowest BCUT2D eigenvalue weighted by Crippen LogP contribution is -2.15. The van der Waals surface area contributed by atoms with E-state index < -0.39 is 0 Å². The van der Waals surface area contributed by atoms with Crippen molar-refractivity contribution in [1.82, 2.24) is 0 Å². The maximum Gasteiger partial charge on any atom is 0.161 e. The zero-order valence-electron chi connectivity index (χ0n) is 13.2. The van der Waals surface area contributed by atoms with Crippen molar-refractivity contribution in [2.24, 2.45) is 5.73 Å². The van der Waals surface area contributed by atoms with Crippen molar-refractivity contribution in [3.05, 3.63) is 53.7 Å². The highest BCUT2D eigenvalue weighted by atomic mass is 16.6. The van der Waals surface area contributed by atoms with Crippen LogP contribution in [0.15, 0.2) is 42.6 Å². The van der Waals surface area contributed by atoms with E-state index in [2.05, 4.69) is 0 Å². The van der Waals surface area contributed by atoms with Crippen molar-refractivity contribution in [2.45, 2.75) is 0 Å². The fraction of sp³-hybridized carbons (Fsp3) is 0.222. The van der Waals surface area contributed by atoms with Crippen molar-refractivity contribution >= 4 is 5.57 Å². The molecule has 0 saturated carbocycles. The maximum absolute atomic E-state index is 5.88. The number of hydrogen-bond acceptors (Lipinski definition) is 5. The first-order valence-corrected chi connectivity index (χ1v) is 7.30. The second kappa shape index (κ2) is 6.52. The van der Waals surface area contributed by atoms with Gasteiger partial charge in [0, 0.05) is 17.8 Å². The molecule has 0 bridgehead atoms. The third-order valence-electron chi connectivity index (χ3n) is 3.68. The molecule has 2 N–H and O–H groups in total. The molecular formula is C18H19NO4. The van der Waals surface area contributed by atoms with Crippen LogP contribution in [0, 0.1) is 0 Å². The summed E-state index contributed by atoms with van der Waals surface area (Å²) in [6, 6.07) is 11.4. The van der Waals surface area contributed by atoms with Gasteiger partial charge in [-0.05, 0) is 35.4 Å². The van der Waals surface area contributed by atoms with Gasteiger partial charge < -0.3 is 24.7 Å². The highest BCUT2D eigenvalue weighted by Crippen LogP contribution is 2.36. The first-order valence-electron chi connectivity index (χ1n) is 7.30. The fourth-order valence-corrected chi connectivity index (χ4v) is 2.53. The second-order valence-corrected chi connectivity index (χ2v) is 5.04. The first-order chi connectivity index (χ1) is 11.2. The van der Waals surface area contributed by atoms with Crippen molar-refractivity contribution in [3.63, 3.8) is 0 Å². The Hall–Kier alpha value is -2.82. The molecule has 0 unspecified atom stereocenters. The molecule has 0 fully saturated rings. The van der Waals surface area contributed by atoms with Crippen molar-refractivity contribution < 1.29 is 18.9 Å². The summed E-state index contributed by atoms with van der Waals surface area (Å²) in [7, 11) is 3.24. The summed E-state index contributed by atoms with van der Waals surface area (Å²) in [5, 5.41) is 0. The number of ether oxygens (including phenoxy) is 4. The highest BCUT2D eigenvalue weighted by Gasteiger charge is 2.15. The molecule has 5 nitrogen and oxygen atoms in total. The van der Waals surface area contributed by atoms with Crippen LogP contribution < -0.4 is 24.7 Å². The summed E-state index contributed by atoms with van der Waals surface area (Å²) in [6.45, 7) is 1.12. The van der Waals surface area contributed by atoms with E-state index in [1.165, 1.54) is 0 Å². The lowest BCUT2D eigenvalue weighted by molar-refractivity contribution is 0.171. The molecule has 23 heavy (non-hydrogen) atoms. The van der Waals surface area contributed by atoms with Crippen LogP contribution in [0.1, 0.15) is 11.1 Å². The van der Waals surface area contributed by atoms with Crippen LogP contribution in [0.3, 0.4) is 0 Å². The molecule has 1 aliphatic rings. The van der Waals surface area contributed by atoms with E-state index in [1.54, 1.807) is 20.4 Å². The smallest absolute Gasteiger partial charge is 0.161 e. The predicted octanol–water partition coefficient (Wildman–Crippen LogP) is 2.82. The van der Waals surface area contributed by atoms with E-state index in [0.717, 1.165) is 28.2 Å². The average molecular weight is 313 g/mol. The average Bonchev–Trinajstić information content (AvgIpc) is 2.62. The molecule has 0 aromatic heterocycles. The molecule has 1 aliphatic heterocycles. The quantitative estimate of drug-likeness (QED) is 0.940. The number of fused-ring (bicyclic) bond motifs is 1. The van der Waals surface area contributed by atoms with Crippen LogP contribution in [-0.4, -0.2) is 27.4 Å². The van der Waals surface area contributed by atoms with Crippen LogP contribution in [-0.2, 0) is 0 Å². The zero-order valence-corrected chi connectivity index (χ0v) is 13.2. The summed E-state index contributed by atoms with van der Waals surface area (Å²) >= 11 is 0. The van der Waals surface area contributed by atoms with Gasteiger partial charge in [0.05, 0.1) is 14.2 Å². The minimum Gasteiger partial charge on any atom is -0.497 e. The third-order valence-corrected chi connectivity index (χ3v) is 3.68. The van der Waals surface area contributed by atoms with E-state index in [4.69, 9.17) is 24.7 Å². The monoisotopic (exact) mass is 313 g/mol. The number of benzene rings is 2. The molecular weight excluding hydrogens is 294 g/mol. The normalized spacial score (nSPS) is 13.6. The van der Waals surface area contributed by atoms with Gasteiger partial charge in [-0.3, -0.25) is 0 Å². The van der Waals surface area contributed by atoms with Crippen LogP contribution in [0.4, 0.5) is 0 Å². The minimum absolute atomic E-state index is 0.547. The Morgan fingerprint density at radius 2 is 1.57 bits per heavy atom. The van der Waals surface area contributed by atoms with Gasteiger partial charge in [-0.25, -0.2) is 0 Å². The lowest BCUT2D eigenvalue weighted by Gasteiger charge is -2.19. The molecule has 0 spiro atoms. The maximum atomic E-state index is 5.88. The van der Waals surface area contributed by atoms with E-state index in [-0.39, 0.29) is 0 Å². The van der Waals surface area contributed by atoms with Crippen LogP contribution in [0.25, 0.3) is 5.57 Å². The highest BCUT2D eigenvalue weighted by molar-refractivity contribution is 5.81. The molecule has 2 aromatic rings. The largest absolute Gasteiger partial charge is 0.497 e. The molecule has 1 heterocycles. The number of rotatable bonds is 4. The van der Waals surface area contributed by atoms with Crippen LogP contribution in [0.2, 0.25) is 0 Å². The van der Waals surface area contributed by atoms with Gasteiger partial charge in [-0.1, -0.05) is 6.07 Å². The van der Waals surface area contributed by atoms with Crippen molar-refractivity contribution in [2.75, 3.05) is 27.4 Å². The van der Waals surface area contributed by atoms with Gasteiger partial charge in [-0.2, -0.15) is 0 Å². The molecule has 0 aliphatic carbocycles. The van der Waals surface area contributed by atoms with Gasteiger partial charge in [0.15, 0.2) is 11.5 Å². The standard InChI is InChI=1S/C18H19NO4/c1-20-14-7-13(8-15(10-14)21-2)16(11-19)12-3-4-17-18(9-12)23-6-5-22-17/h3-4,7-11H,5-6,19H2,1-2H3/b16-11-. The molecule has 0 atom stereocenters. The second-order valence-electron chi connectivity index (χ2n) is 5.04. The zero-order chi connectivity index (χ0) is 16.2. The number of nitrogens with two attached hydrogens (primary N) is 1. The van der Waals surface area contributed by atoms with Gasteiger partial charge >= 0.3 is 0 Å². The Labute approximate surface area is 135 Å². The lowest BCUT2D eigenvalue weighted by atomic mass is 9.98. The van der Waals surface area contributed by atoms with Crippen molar-refractivity contribution in [3.8, 4) is 23.0 Å². The third kappa shape index (κ3) is 3.04. The van der Waals surface area contributed by atoms with Gasteiger partial charge in [0.2, 0.25) is 0 Å². The summed E-state index contributed by atoms with van der Waals surface area (Å²) in [5.74, 6) is 2.88. The number of hydrogen-bond donors (Lipinski definition) is 1. The molecule has 5 heteroatoms. The van der Waals surface area contributed by atoms with E-state index in [9.17, 15) is 0 Å².